The summed E-state index contributed by atoms with van der Waals surface area (Å²) >= 11 is 0. The number of nitrogens with zero attached hydrogens (tertiary/aromatic N) is 1. The molecule has 6 heteroatoms. The molecule has 0 heterocycles. The van der Waals surface area contributed by atoms with Crippen molar-refractivity contribution in [1.29, 1.82) is 0 Å². The minimum atomic E-state index is -1.70. The molecule has 0 saturated carbocycles. The summed E-state index contributed by atoms with van der Waals surface area (Å²) in [4.78, 5) is 0. The quantitative estimate of drug-likeness (QED) is 0.592. The lowest BCUT2D eigenvalue weighted by atomic mass is 10.1. The maximum Gasteiger partial charge on any atom is 0.287 e. The first-order valence-corrected chi connectivity index (χ1v) is 9.10. The molecule has 0 saturated heterocycles. The zero-order chi connectivity index (χ0) is 17.0. The molecule has 124 valence electrons. The van der Waals surface area contributed by atoms with Crippen LogP contribution in [0.2, 0.25) is 0 Å². The Morgan fingerprint density at radius 3 is 1.87 bits per heavy atom. The number of hydrogen-bond acceptors (Lipinski definition) is 2. The van der Waals surface area contributed by atoms with Crippen molar-refractivity contribution in [2.75, 3.05) is 20.2 Å². The summed E-state index contributed by atoms with van der Waals surface area (Å²) in [6.07, 6.45) is 0. The number of benzene rings is 2. The molecule has 0 radical (unpaired) electrons. The number of hydrogen-bond donors (Lipinski definition) is 0. The minimum Gasteiger partial charge on any atom is -0.405 e. The molecule has 2 rings (SSSR count). The molecule has 23 heavy (non-hydrogen) atoms. The SMILES string of the molecule is CCN(CC)[SiH](OC)c1ccc(-c2cc(F)c(F)c(F)c2)cc1. The molecule has 2 nitrogen and oxygen atoms in total. The van der Waals surface area contributed by atoms with Gasteiger partial charge in [0.05, 0.1) is 0 Å². The van der Waals surface area contributed by atoms with Crippen LogP contribution in [0, 0.1) is 17.5 Å². The van der Waals surface area contributed by atoms with Gasteiger partial charge < -0.3 is 8.99 Å². The van der Waals surface area contributed by atoms with Crippen LogP contribution in [0.1, 0.15) is 13.8 Å². The molecular formula is C17H20F3NOSi. The third-order valence-electron chi connectivity index (χ3n) is 3.88. The monoisotopic (exact) mass is 339 g/mol. The molecule has 0 spiro atoms. The maximum atomic E-state index is 13.4. The first-order valence-electron chi connectivity index (χ1n) is 7.53. The molecular weight excluding hydrogens is 319 g/mol. The van der Waals surface area contributed by atoms with Gasteiger partial charge >= 0.3 is 0 Å². The van der Waals surface area contributed by atoms with Crippen LogP contribution in [0.3, 0.4) is 0 Å². The lowest BCUT2D eigenvalue weighted by Crippen LogP contribution is -2.49. The summed E-state index contributed by atoms with van der Waals surface area (Å²) in [7, 11) is -0.00122. The van der Waals surface area contributed by atoms with Crippen molar-refractivity contribution in [3.05, 3.63) is 53.8 Å². The maximum absolute atomic E-state index is 13.4. The van der Waals surface area contributed by atoms with E-state index in [0.29, 0.717) is 11.1 Å². The van der Waals surface area contributed by atoms with Gasteiger partial charge in [0.1, 0.15) is 0 Å². The Kier molecular flexibility index (Phi) is 5.98. The van der Waals surface area contributed by atoms with Gasteiger partial charge in [-0.3, -0.25) is 0 Å². The van der Waals surface area contributed by atoms with Crippen molar-refractivity contribution < 1.29 is 17.6 Å². The van der Waals surface area contributed by atoms with Gasteiger partial charge in [0, 0.05) is 7.11 Å². The number of rotatable bonds is 6. The normalized spacial score (nSPS) is 12.7. The summed E-state index contributed by atoms with van der Waals surface area (Å²) < 4.78 is 47.7. The van der Waals surface area contributed by atoms with Crippen LogP contribution in [0.15, 0.2) is 36.4 Å². The summed E-state index contributed by atoms with van der Waals surface area (Å²) in [5.41, 5.74) is 0.946. The van der Waals surface area contributed by atoms with Gasteiger partial charge in [0.25, 0.3) is 9.20 Å². The first-order chi connectivity index (χ1) is 11.0. The zero-order valence-electron chi connectivity index (χ0n) is 13.4. The Morgan fingerprint density at radius 2 is 1.43 bits per heavy atom. The Morgan fingerprint density at radius 1 is 0.913 bits per heavy atom. The second-order valence-corrected chi connectivity index (χ2v) is 7.76. The standard InChI is InChI=1S/C17H20F3NOSi/c1-4-21(5-2)23(22-3)14-8-6-12(7-9-14)13-10-15(18)17(20)16(19)11-13/h6-11,23H,4-5H2,1-3H3. The molecule has 0 fully saturated rings. The summed E-state index contributed by atoms with van der Waals surface area (Å²) in [6.45, 7) is 5.97. The average Bonchev–Trinajstić information content (AvgIpc) is 2.57. The topological polar surface area (TPSA) is 12.5 Å². The molecule has 0 aliphatic rings. The van der Waals surface area contributed by atoms with Gasteiger partial charge in [-0.25, -0.2) is 13.2 Å². The summed E-state index contributed by atoms with van der Waals surface area (Å²) in [6, 6.07) is 9.39. The van der Waals surface area contributed by atoms with E-state index in [1.165, 1.54) is 0 Å². The molecule has 0 bridgehead atoms. The highest BCUT2D eigenvalue weighted by Crippen LogP contribution is 2.23. The van der Waals surface area contributed by atoms with Crippen LogP contribution in [-0.4, -0.2) is 34.0 Å². The van der Waals surface area contributed by atoms with E-state index in [2.05, 4.69) is 18.4 Å². The lowest BCUT2D eigenvalue weighted by molar-refractivity contribution is 0.339. The second-order valence-electron chi connectivity index (χ2n) is 5.19. The largest absolute Gasteiger partial charge is 0.405 e. The van der Waals surface area contributed by atoms with E-state index in [0.717, 1.165) is 30.4 Å². The Labute approximate surface area is 136 Å². The summed E-state index contributed by atoms with van der Waals surface area (Å²) in [5, 5.41) is 1.09. The molecule has 0 N–H and O–H groups in total. The lowest BCUT2D eigenvalue weighted by Gasteiger charge is -2.26. The van der Waals surface area contributed by atoms with E-state index in [9.17, 15) is 13.2 Å². The second kappa shape index (κ2) is 7.76. The molecule has 1 unspecified atom stereocenters. The molecule has 0 aromatic heterocycles. The van der Waals surface area contributed by atoms with Gasteiger partial charge in [0.2, 0.25) is 0 Å². The van der Waals surface area contributed by atoms with E-state index in [4.69, 9.17) is 4.43 Å². The molecule has 1 atom stereocenters. The van der Waals surface area contributed by atoms with Crippen molar-refractivity contribution in [2.45, 2.75) is 13.8 Å². The van der Waals surface area contributed by atoms with Crippen LogP contribution >= 0.6 is 0 Å². The van der Waals surface area contributed by atoms with Gasteiger partial charge in [0.15, 0.2) is 17.5 Å². The van der Waals surface area contributed by atoms with Crippen molar-refractivity contribution in [1.82, 2.24) is 4.57 Å². The van der Waals surface area contributed by atoms with Crippen molar-refractivity contribution in [2.24, 2.45) is 0 Å². The van der Waals surface area contributed by atoms with Crippen molar-refractivity contribution >= 4 is 14.4 Å². The van der Waals surface area contributed by atoms with E-state index < -0.39 is 26.7 Å². The molecule has 0 amide bonds. The Balaban J connectivity index is 2.32. The average molecular weight is 339 g/mol. The van der Waals surface area contributed by atoms with Gasteiger partial charge in [-0.05, 0) is 41.5 Å². The van der Waals surface area contributed by atoms with E-state index in [-0.39, 0.29) is 0 Å². The molecule has 0 aliphatic heterocycles. The highest BCUT2D eigenvalue weighted by molar-refractivity contribution is 6.64. The minimum absolute atomic E-state index is 0.312. The Bertz CT molecular complexity index is 636. The predicted octanol–water partition coefficient (Wildman–Crippen LogP) is 3.19. The smallest absolute Gasteiger partial charge is 0.287 e. The highest BCUT2D eigenvalue weighted by Gasteiger charge is 2.20. The summed E-state index contributed by atoms with van der Waals surface area (Å²) in [5.74, 6) is -3.81. The van der Waals surface area contributed by atoms with Crippen LogP contribution < -0.4 is 5.19 Å². The van der Waals surface area contributed by atoms with Gasteiger partial charge in [-0.2, -0.15) is 0 Å². The van der Waals surface area contributed by atoms with Gasteiger partial charge in [-0.1, -0.05) is 38.1 Å². The number of halogens is 3. The van der Waals surface area contributed by atoms with Crippen molar-refractivity contribution in [3.8, 4) is 11.1 Å². The van der Waals surface area contributed by atoms with Crippen LogP contribution in [-0.2, 0) is 4.43 Å². The molecule has 0 aliphatic carbocycles. The van der Waals surface area contributed by atoms with E-state index >= 15 is 0 Å². The first kappa shape index (κ1) is 17.7. The van der Waals surface area contributed by atoms with E-state index in [1.54, 1.807) is 19.2 Å². The fraction of sp³-hybridized carbons (Fsp3) is 0.294. The predicted molar refractivity (Wildman–Crippen MR) is 88.5 cm³/mol. The van der Waals surface area contributed by atoms with Crippen LogP contribution in [0.25, 0.3) is 11.1 Å². The van der Waals surface area contributed by atoms with Gasteiger partial charge in [-0.15, -0.1) is 0 Å². The third-order valence-corrected chi connectivity index (χ3v) is 6.68. The van der Waals surface area contributed by atoms with Crippen molar-refractivity contribution in [3.63, 3.8) is 0 Å². The molecule has 2 aromatic carbocycles. The van der Waals surface area contributed by atoms with Crippen LogP contribution in [0.4, 0.5) is 13.2 Å². The van der Waals surface area contributed by atoms with E-state index in [1.807, 2.05) is 12.1 Å². The fourth-order valence-electron chi connectivity index (χ4n) is 2.61. The van der Waals surface area contributed by atoms with Crippen LogP contribution in [0.5, 0.6) is 0 Å². The highest BCUT2D eigenvalue weighted by atomic mass is 28.3. The molecule has 2 aromatic rings. The third kappa shape index (κ3) is 3.83. The Hall–Kier alpha value is -1.63. The fourth-order valence-corrected chi connectivity index (χ4v) is 4.79. The zero-order valence-corrected chi connectivity index (χ0v) is 14.6.